The summed E-state index contributed by atoms with van der Waals surface area (Å²) in [6.07, 6.45) is -0.634. The van der Waals surface area contributed by atoms with E-state index >= 15 is 0 Å². The normalized spacial score (nSPS) is 17.6. The summed E-state index contributed by atoms with van der Waals surface area (Å²) < 4.78 is 24.3. The quantitative estimate of drug-likeness (QED) is 0.736. The summed E-state index contributed by atoms with van der Waals surface area (Å²) in [5.74, 6) is -0.388. The molecule has 1 aliphatic rings. The largest absolute Gasteiger partial charge is 0.346 e. The molecule has 0 bridgehead atoms. The lowest BCUT2D eigenvalue weighted by Gasteiger charge is -2.11. The first kappa shape index (κ1) is 10.4. The predicted octanol–water partition coefficient (Wildman–Crippen LogP) is 3.29. The van der Waals surface area contributed by atoms with Crippen LogP contribution in [0.25, 0.3) is 0 Å². The first-order valence-corrected chi connectivity index (χ1v) is 5.23. The van der Waals surface area contributed by atoms with Crippen LogP contribution in [-0.2, 0) is 9.47 Å². The second-order valence-corrected chi connectivity index (χ2v) is 4.16. The van der Waals surface area contributed by atoms with Crippen molar-refractivity contribution in [2.75, 3.05) is 13.2 Å². The van der Waals surface area contributed by atoms with Crippen molar-refractivity contribution in [2.24, 2.45) is 0 Å². The number of hydrogen-bond acceptors (Lipinski definition) is 2. The van der Waals surface area contributed by atoms with Crippen LogP contribution in [0.1, 0.15) is 11.9 Å². The van der Waals surface area contributed by atoms with Gasteiger partial charge in [0.25, 0.3) is 0 Å². The van der Waals surface area contributed by atoms with Gasteiger partial charge in [0.2, 0.25) is 0 Å². The highest BCUT2D eigenvalue weighted by Gasteiger charge is 2.23. The van der Waals surface area contributed by atoms with E-state index < -0.39 is 6.29 Å². The van der Waals surface area contributed by atoms with Crippen LogP contribution in [0.2, 0.25) is 5.02 Å². The number of hydrogen-bond donors (Lipinski definition) is 0. The first-order chi connectivity index (χ1) is 6.68. The van der Waals surface area contributed by atoms with Gasteiger partial charge in [-0.1, -0.05) is 11.6 Å². The van der Waals surface area contributed by atoms with Crippen molar-refractivity contribution in [1.82, 2.24) is 0 Å². The fourth-order valence-electron chi connectivity index (χ4n) is 1.29. The summed E-state index contributed by atoms with van der Waals surface area (Å²) in [6.45, 7) is 0.961. The highest BCUT2D eigenvalue weighted by molar-refractivity contribution is 9.10. The fourth-order valence-corrected chi connectivity index (χ4v) is 2.12. The van der Waals surface area contributed by atoms with Gasteiger partial charge in [-0.3, -0.25) is 0 Å². The molecule has 1 aromatic rings. The minimum atomic E-state index is -0.634. The van der Waals surface area contributed by atoms with E-state index in [2.05, 4.69) is 15.9 Å². The van der Waals surface area contributed by atoms with Crippen LogP contribution >= 0.6 is 27.5 Å². The van der Waals surface area contributed by atoms with Crippen molar-refractivity contribution in [3.05, 3.63) is 33.0 Å². The van der Waals surface area contributed by atoms with E-state index in [0.29, 0.717) is 28.3 Å². The molecule has 1 fully saturated rings. The van der Waals surface area contributed by atoms with Gasteiger partial charge in [0.05, 0.1) is 17.7 Å². The Morgan fingerprint density at radius 3 is 2.64 bits per heavy atom. The molecule has 0 atom stereocenters. The summed E-state index contributed by atoms with van der Waals surface area (Å²) in [6, 6.07) is 3.01. The standard InChI is InChI=1S/C9H7BrClFO2/c10-7-4-5(11)3-6(8(7)12)9-13-1-2-14-9/h3-4,9H,1-2H2. The lowest BCUT2D eigenvalue weighted by atomic mass is 10.2. The summed E-state index contributed by atoms with van der Waals surface area (Å²) >= 11 is 8.87. The van der Waals surface area contributed by atoms with E-state index in [4.69, 9.17) is 21.1 Å². The van der Waals surface area contributed by atoms with Crippen LogP contribution in [0.4, 0.5) is 4.39 Å². The number of halogens is 3. The van der Waals surface area contributed by atoms with E-state index in [1.54, 1.807) is 0 Å². The lowest BCUT2D eigenvalue weighted by molar-refractivity contribution is -0.0465. The molecular weight excluding hydrogens is 274 g/mol. The van der Waals surface area contributed by atoms with Crippen LogP contribution in [0, 0.1) is 5.82 Å². The molecule has 5 heteroatoms. The molecule has 76 valence electrons. The maximum atomic E-state index is 13.6. The third kappa shape index (κ3) is 1.93. The van der Waals surface area contributed by atoms with Crippen molar-refractivity contribution >= 4 is 27.5 Å². The van der Waals surface area contributed by atoms with Gasteiger partial charge in [0.15, 0.2) is 6.29 Å². The van der Waals surface area contributed by atoms with Gasteiger partial charge in [-0.25, -0.2) is 4.39 Å². The molecule has 1 aromatic carbocycles. The molecule has 0 amide bonds. The Labute approximate surface area is 94.1 Å². The number of ether oxygens (including phenoxy) is 2. The second kappa shape index (κ2) is 4.14. The topological polar surface area (TPSA) is 18.5 Å². The Kier molecular flexibility index (Phi) is 3.07. The van der Waals surface area contributed by atoms with Crippen LogP contribution in [0.15, 0.2) is 16.6 Å². The molecule has 2 rings (SSSR count). The number of benzene rings is 1. The monoisotopic (exact) mass is 280 g/mol. The summed E-state index contributed by atoms with van der Waals surface area (Å²) in [5.41, 5.74) is 0.335. The molecule has 0 N–H and O–H groups in total. The fraction of sp³-hybridized carbons (Fsp3) is 0.333. The van der Waals surface area contributed by atoms with E-state index in [9.17, 15) is 4.39 Å². The van der Waals surface area contributed by atoms with Gasteiger partial charge in [-0.05, 0) is 28.1 Å². The van der Waals surface area contributed by atoms with Crippen LogP contribution in [0.3, 0.4) is 0 Å². The average molecular weight is 282 g/mol. The Bertz CT molecular complexity index is 353. The zero-order valence-electron chi connectivity index (χ0n) is 7.10. The van der Waals surface area contributed by atoms with Gasteiger partial charge in [0, 0.05) is 10.6 Å². The highest BCUT2D eigenvalue weighted by atomic mass is 79.9. The Balaban J connectivity index is 2.40. The van der Waals surface area contributed by atoms with Gasteiger partial charge >= 0.3 is 0 Å². The predicted molar refractivity (Wildman–Crippen MR) is 53.8 cm³/mol. The van der Waals surface area contributed by atoms with Crippen LogP contribution < -0.4 is 0 Å². The van der Waals surface area contributed by atoms with E-state index in [1.165, 1.54) is 12.1 Å². The van der Waals surface area contributed by atoms with Crippen molar-refractivity contribution in [3.8, 4) is 0 Å². The van der Waals surface area contributed by atoms with E-state index in [0.717, 1.165) is 0 Å². The van der Waals surface area contributed by atoms with Crippen molar-refractivity contribution in [3.63, 3.8) is 0 Å². The van der Waals surface area contributed by atoms with E-state index in [-0.39, 0.29) is 5.82 Å². The molecule has 1 aliphatic heterocycles. The Hall–Kier alpha value is -0.160. The molecule has 1 saturated heterocycles. The van der Waals surface area contributed by atoms with Gasteiger partial charge in [-0.15, -0.1) is 0 Å². The van der Waals surface area contributed by atoms with E-state index in [1.807, 2.05) is 0 Å². The van der Waals surface area contributed by atoms with Crippen molar-refractivity contribution in [2.45, 2.75) is 6.29 Å². The minimum Gasteiger partial charge on any atom is -0.346 e. The molecule has 0 saturated carbocycles. The zero-order valence-corrected chi connectivity index (χ0v) is 9.44. The zero-order chi connectivity index (χ0) is 10.1. The SMILES string of the molecule is Fc1c(Br)cc(Cl)cc1C1OCCO1. The molecular formula is C9H7BrClFO2. The molecule has 0 aliphatic carbocycles. The van der Waals surface area contributed by atoms with Gasteiger partial charge in [-0.2, -0.15) is 0 Å². The van der Waals surface area contributed by atoms with Crippen molar-refractivity contribution in [1.29, 1.82) is 0 Å². The molecule has 2 nitrogen and oxygen atoms in total. The maximum absolute atomic E-state index is 13.6. The molecule has 0 unspecified atom stereocenters. The summed E-state index contributed by atoms with van der Waals surface area (Å²) in [4.78, 5) is 0. The lowest BCUT2D eigenvalue weighted by Crippen LogP contribution is -2.02. The Morgan fingerprint density at radius 2 is 2.00 bits per heavy atom. The molecule has 0 radical (unpaired) electrons. The summed E-state index contributed by atoms with van der Waals surface area (Å²) in [7, 11) is 0. The van der Waals surface area contributed by atoms with Crippen molar-refractivity contribution < 1.29 is 13.9 Å². The molecule has 0 aromatic heterocycles. The van der Waals surface area contributed by atoms with Crippen LogP contribution in [0.5, 0.6) is 0 Å². The summed E-state index contributed by atoms with van der Waals surface area (Å²) in [5, 5.41) is 0.451. The molecule has 14 heavy (non-hydrogen) atoms. The average Bonchev–Trinajstić information content (AvgIpc) is 2.63. The van der Waals surface area contributed by atoms with Gasteiger partial charge in [0.1, 0.15) is 5.82 Å². The van der Waals surface area contributed by atoms with Gasteiger partial charge < -0.3 is 9.47 Å². The molecule has 0 spiro atoms. The van der Waals surface area contributed by atoms with Crippen LogP contribution in [-0.4, -0.2) is 13.2 Å². The second-order valence-electron chi connectivity index (χ2n) is 2.86. The first-order valence-electron chi connectivity index (χ1n) is 4.06. The number of rotatable bonds is 1. The Morgan fingerprint density at radius 1 is 1.36 bits per heavy atom. The maximum Gasteiger partial charge on any atom is 0.186 e. The highest BCUT2D eigenvalue weighted by Crippen LogP contribution is 2.32. The third-order valence-corrected chi connectivity index (χ3v) is 2.69. The third-order valence-electron chi connectivity index (χ3n) is 1.90. The smallest absolute Gasteiger partial charge is 0.186 e. The molecule has 1 heterocycles. The minimum absolute atomic E-state index is 0.319.